The molecule has 2 nitrogen and oxygen atoms in total. The lowest BCUT2D eigenvalue weighted by atomic mass is 10.2. The maximum absolute atomic E-state index is 6.00. The number of rotatable bonds is 2. The van der Waals surface area contributed by atoms with Gasteiger partial charge in [0.2, 0.25) is 0 Å². The van der Waals surface area contributed by atoms with Crippen LogP contribution in [0.15, 0.2) is 18.2 Å². The van der Waals surface area contributed by atoms with E-state index >= 15 is 0 Å². The van der Waals surface area contributed by atoms with Crippen molar-refractivity contribution < 1.29 is 0 Å². The van der Waals surface area contributed by atoms with Gasteiger partial charge in [0, 0.05) is 30.3 Å². The molecule has 1 aromatic rings. The lowest BCUT2D eigenvalue weighted by molar-refractivity contribution is 0.949. The SMILES string of the molecule is NCc1cc(N2CCCC2)ccc1Cl. The Morgan fingerprint density at radius 2 is 2.00 bits per heavy atom. The molecule has 2 rings (SSSR count). The standard InChI is InChI=1S/C11H15ClN2/c12-11-4-3-10(7-9(11)8-13)14-5-1-2-6-14/h3-4,7H,1-2,5-6,8,13H2. The Labute approximate surface area is 89.7 Å². The van der Waals surface area contributed by atoms with E-state index in [0.29, 0.717) is 6.54 Å². The fourth-order valence-corrected chi connectivity index (χ4v) is 2.08. The lowest BCUT2D eigenvalue weighted by Crippen LogP contribution is -2.17. The fraction of sp³-hybridized carbons (Fsp3) is 0.455. The largest absolute Gasteiger partial charge is 0.372 e. The first-order chi connectivity index (χ1) is 6.81. The van der Waals surface area contributed by atoms with E-state index in [0.717, 1.165) is 23.7 Å². The Morgan fingerprint density at radius 3 is 2.64 bits per heavy atom. The highest BCUT2D eigenvalue weighted by molar-refractivity contribution is 6.31. The second-order valence-corrected chi connectivity index (χ2v) is 4.08. The highest BCUT2D eigenvalue weighted by Crippen LogP contribution is 2.25. The number of hydrogen-bond acceptors (Lipinski definition) is 2. The van der Waals surface area contributed by atoms with Crippen molar-refractivity contribution in [2.45, 2.75) is 19.4 Å². The summed E-state index contributed by atoms with van der Waals surface area (Å²) in [5.41, 5.74) is 7.91. The van der Waals surface area contributed by atoms with E-state index < -0.39 is 0 Å². The Hall–Kier alpha value is -0.730. The van der Waals surface area contributed by atoms with E-state index in [4.69, 9.17) is 17.3 Å². The van der Waals surface area contributed by atoms with Crippen LogP contribution in [0.5, 0.6) is 0 Å². The van der Waals surface area contributed by atoms with Gasteiger partial charge in [0.1, 0.15) is 0 Å². The third-order valence-electron chi connectivity index (χ3n) is 2.72. The topological polar surface area (TPSA) is 29.3 Å². The lowest BCUT2D eigenvalue weighted by Gasteiger charge is -2.18. The van der Waals surface area contributed by atoms with Crippen molar-refractivity contribution >= 4 is 17.3 Å². The Kier molecular flexibility index (Phi) is 2.94. The number of nitrogens with zero attached hydrogens (tertiary/aromatic N) is 1. The molecule has 0 atom stereocenters. The molecule has 0 aliphatic carbocycles. The van der Waals surface area contributed by atoms with Crippen molar-refractivity contribution in [1.82, 2.24) is 0 Å². The predicted molar refractivity (Wildman–Crippen MR) is 60.8 cm³/mol. The molecular weight excluding hydrogens is 196 g/mol. The van der Waals surface area contributed by atoms with Gasteiger partial charge in [-0.3, -0.25) is 0 Å². The van der Waals surface area contributed by atoms with Crippen LogP contribution >= 0.6 is 11.6 Å². The average Bonchev–Trinajstić information content (AvgIpc) is 2.71. The summed E-state index contributed by atoms with van der Waals surface area (Å²) < 4.78 is 0. The van der Waals surface area contributed by atoms with Crippen LogP contribution in [-0.4, -0.2) is 13.1 Å². The van der Waals surface area contributed by atoms with Crippen LogP contribution < -0.4 is 10.6 Å². The molecule has 1 heterocycles. The van der Waals surface area contributed by atoms with E-state index in [1.54, 1.807) is 0 Å². The minimum Gasteiger partial charge on any atom is -0.372 e. The van der Waals surface area contributed by atoms with Crippen LogP contribution in [0.2, 0.25) is 5.02 Å². The molecule has 1 aromatic carbocycles. The molecule has 0 spiro atoms. The van der Waals surface area contributed by atoms with E-state index in [2.05, 4.69) is 17.0 Å². The first-order valence-corrected chi connectivity index (χ1v) is 5.42. The van der Waals surface area contributed by atoms with Gasteiger partial charge in [-0.25, -0.2) is 0 Å². The average molecular weight is 211 g/mol. The summed E-state index contributed by atoms with van der Waals surface area (Å²) in [6.07, 6.45) is 2.58. The molecule has 1 aliphatic heterocycles. The summed E-state index contributed by atoms with van der Waals surface area (Å²) in [4.78, 5) is 2.38. The summed E-state index contributed by atoms with van der Waals surface area (Å²) in [7, 11) is 0. The van der Waals surface area contributed by atoms with Crippen LogP contribution in [0.25, 0.3) is 0 Å². The van der Waals surface area contributed by atoms with E-state index in [9.17, 15) is 0 Å². The molecule has 76 valence electrons. The smallest absolute Gasteiger partial charge is 0.0452 e. The summed E-state index contributed by atoms with van der Waals surface area (Å²) in [6, 6.07) is 6.12. The molecule has 0 unspecified atom stereocenters. The van der Waals surface area contributed by atoms with Gasteiger partial charge < -0.3 is 10.6 Å². The van der Waals surface area contributed by atoms with Crippen LogP contribution in [0.1, 0.15) is 18.4 Å². The van der Waals surface area contributed by atoms with Crippen molar-refractivity contribution in [3.05, 3.63) is 28.8 Å². The second-order valence-electron chi connectivity index (χ2n) is 3.67. The van der Waals surface area contributed by atoms with Crippen LogP contribution in [0, 0.1) is 0 Å². The maximum atomic E-state index is 6.00. The van der Waals surface area contributed by atoms with Gasteiger partial charge >= 0.3 is 0 Å². The summed E-state index contributed by atoms with van der Waals surface area (Å²) >= 11 is 6.00. The van der Waals surface area contributed by atoms with Gasteiger partial charge in [-0.15, -0.1) is 0 Å². The van der Waals surface area contributed by atoms with Crippen molar-refractivity contribution in [3.8, 4) is 0 Å². The molecule has 0 bridgehead atoms. The predicted octanol–water partition coefficient (Wildman–Crippen LogP) is 2.40. The minimum atomic E-state index is 0.514. The molecule has 14 heavy (non-hydrogen) atoms. The first-order valence-electron chi connectivity index (χ1n) is 5.04. The number of nitrogens with two attached hydrogens (primary N) is 1. The number of halogens is 1. The molecular formula is C11H15ClN2. The normalized spacial score (nSPS) is 16.3. The molecule has 3 heteroatoms. The van der Waals surface area contributed by atoms with E-state index in [1.165, 1.54) is 18.5 Å². The molecule has 1 aliphatic rings. The quantitative estimate of drug-likeness (QED) is 0.813. The van der Waals surface area contributed by atoms with Crippen molar-refractivity contribution in [3.63, 3.8) is 0 Å². The third kappa shape index (κ3) is 1.86. The van der Waals surface area contributed by atoms with Crippen molar-refractivity contribution in [2.75, 3.05) is 18.0 Å². The summed E-state index contributed by atoms with van der Waals surface area (Å²) in [5.74, 6) is 0. The molecule has 0 aromatic heterocycles. The van der Waals surface area contributed by atoms with Gasteiger partial charge in [0.15, 0.2) is 0 Å². The molecule has 0 radical (unpaired) electrons. The van der Waals surface area contributed by atoms with Crippen LogP contribution in [0.4, 0.5) is 5.69 Å². The molecule has 0 amide bonds. The molecule has 2 N–H and O–H groups in total. The van der Waals surface area contributed by atoms with Gasteiger partial charge in [0.25, 0.3) is 0 Å². The molecule has 0 saturated carbocycles. The number of benzene rings is 1. The van der Waals surface area contributed by atoms with Crippen molar-refractivity contribution in [1.29, 1.82) is 0 Å². The van der Waals surface area contributed by atoms with Gasteiger partial charge in [-0.2, -0.15) is 0 Å². The van der Waals surface area contributed by atoms with E-state index in [1.807, 2.05) is 6.07 Å². The third-order valence-corrected chi connectivity index (χ3v) is 3.09. The summed E-state index contributed by atoms with van der Waals surface area (Å²) in [5, 5.41) is 0.774. The molecule has 1 fully saturated rings. The Balaban J connectivity index is 2.25. The van der Waals surface area contributed by atoms with Crippen molar-refractivity contribution in [2.24, 2.45) is 5.73 Å². The van der Waals surface area contributed by atoms with Gasteiger partial charge in [0.05, 0.1) is 0 Å². The van der Waals surface area contributed by atoms with E-state index in [-0.39, 0.29) is 0 Å². The van der Waals surface area contributed by atoms with Crippen LogP contribution in [0.3, 0.4) is 0 Å². The van der Waals surface area contributed by atoms with Gasteiger partial charge in [-0.05, 0) is 36.6 Å². The van der Waals surface area contributed by atoms with Gasteiger partial charge in [-0.1, -0.05) is 11.6 Å². The zero-order valence-corrected chi connectivity index (χ0v) is 8.93. The second kappa shape index (κ2) is 4.20. The summed E-state index contributed by atoms with van der Waals surface area (Å²) in [6.45, 7) is 2.83. The molecule has 1 saturated heterocycles. The fourth-order valence-electron chi connectivity index (χ4n) is 1.89. The van der Waals surface area contributed by atoms with Crippen LogP contribution in [-0.2, 0) is 6.54 Å². The Morgan fingerprint density at radius 1 is 1.29 bits per heavy atom. The zero-order chi connectivity index (χ0) is 9.97. The minimum absolute atomic E-state index is 0.514. The zero-order valence-electron chi connectivity index (χ0n) is 8.17. The first kappa shape index (κ1) is 9.81. The number of hydrogen-bond donors (Lipinski definition) is 1. The monoisotopic (exact) mass is 210 g/mol. The highest BCUT2D eigenvalue weighted by atomic mass is 35.5. The number of anilines is 1. The maximum Gasteiger partial charge on any atom is 0.0452 e. The highest BCUT2D eigenvalue weighted by Gasteiger charge is 2.12. The Bertz CT molecular complexity index is 319.